The van der Waals surface area contributed by atoms with E-state index in [0.29, 0.717) is 12.1 Å². The molecular weight excluding hydrogens is 458 g/mol. The van der Waals surface area contributed by atoms with E-state index in [1.807, 2.05) is 0 Å². The number of ether oxygens (including phenoxy) is 2. The van der Waals surface area contributed by atoms with Crippen molar-refractivity contribution < 1.29 is 41.4 Å². The van der Waals surface area contributed by atoms with Crippen LogP contribution in [0.25, 0.3) is 0 Å². The summed E-state index contributed by atoms with van der Waals surface area (Å²) in [6, 6.07) is 7.94. The lowest BCUT2D eigenvalue weighted by atomic mass is 9.83. The Kier molecular flexibility index (Phi) is 8.07. The Morgan fingerprint density at radius 1 is 0.912 bits per heavy atom. The molecule has 1 amide bonds. The summed E-state index contributed by atoms with van der Waals surface area (Å²) >= 11 is 0. The topological polar surface area (TPSA) is 81.7 Å². The van der Waals surface area contributed by atoms with Gasteiger partial charge in [0.2, 0.25) is 5.78 Å². The number of benzene rings is 2. The van der Waals surface area contributed by atoms with E-state index in [0.717, 1.165) is 12.1 Å². The van der Waals surface area contributed by atoms with E-state index in [4.69, 9.17) is 9.47 Å². The molecule has 0 spiro atoms. The number of alkyl halides is 4. The Bertz CT molecular complexity index is 1020. The summed E-state index contributed by atoms with van der Waals surface area (Å²) < 4.78 is 65.7. The van der Waals surface area contributed by atoms with Crippen molar-refractivity contribution in [3.63, 3.8) is 0 Å². The Hall–Kier alpha value is -3.43. The van der Waals surface area contributed by atoms with Crippen LogP contribution in [0.3, 0.4) is 0 Å². The van der Waals surface area contributed by atoms with Gasteiger partial charge in [0.25, 0.3) is 5.67 Å². The number of hydrogen-bond acceptors (Lipinski definition) is 5. The van der Waals surface area contributed by atoms with Gasteiger partial charge in [-0.05, 0) is 45.4 Å². The standard InChI is InChI=1S/C24H25F4NO5/c1-5-33-20(31)23(25,19(30)16-9-7-6-8-10-16)18(29-21(32)34-22(2,3)4)15-11-13-17(14-12-15)24(26,27)28/h6-14,18H,5H2,1-4H3,(H,29,32)/t18-,23+/m0/s1. The number of esters is 1. The predicted octanol–water partition coefficient (Wildman–Crippen LogP) is 5.43. The Labute approximate surface area is 194 Å². The molecule has 184 valence electrons. The van der Waals surface area contributed by atoms with Crippen LogP contribution in [0.2, 0.25) is 0 Å². The van der Waals surface area contributed by atoms with Crippen LogP contribution in [0, 0.1) is 0 Å². The second-order valence-electron chi connectivity index (χ2n) is 8.33. The maximum absolute atomic E-state index is 16.6. The monoisotopic (exact) mass is 483 g/mol. The zero-order valence-corrected chi connectivity index (χ0v) is 19.0. The number of alkyl carbamates (subject to hydrolysis) is 1. The van der Waals surface area contributed by atoms with E-state index in [-0.39, 0.29) is 17.7 Å². The number of Topliss-reactive ketones (excluding diaryl/α,β-unsaturated/α-hetero) is 1. The fraction of sp³-hybridized carbons (Fsp3) is 0.375. The maximum atomic E-state index is 16.6. The minimum absolute atomic E-state index is 0.207. The smallest absolute Gasteiger partial charge is 0.416 e. The minimum Gasteiger partial charge on any atom is -0.463 e. The molecule has 2 rings (SSSR count). The molecule has 2 atom stereocenters. The summed E-state index contributed by atoms with van der Waals surface area (Å²) in [4.78, 5) is 38.6. The molecule has 34 heavy (non-hydrogen) atoms. The number of rotatable bonds is 7. The zero-order valence-electron chi connectivity index (χ0n) is 19.0. The van der Waals surface area contributed by atoms with Gasteiger partial charge < -0.3 is 14.8 Å². The number of ketones is 1. The normalized spacial score (nSPS) is 14.5. The summed E-state index contributed by atoms with van der Waals surface area (Å²) in [5.41, 5.74) is -6.07. The molecule has 0 saturated carbocycles. The summed E-state index contributed by atoms with van der Waals surface area (Å²) in [6.07, 6.45) is -5.87. The summed E-state index contributed by atoms with van der Waals surface area (Å²) in [5, 5.41) is 2.14. The lowest BCUT2D eigenvalue weighted by Gasteiger charge is -2.32. The number of carbonyl (C=O) groups is 3. The highest BCUT2D eigenvalue weighted by molar-refractivity contribution is 6.16. The molecule has 6 nitrogen and oxygen atoms in total. The molecule has 2 aromatic carbocycles. The minimum atomic E-state index is -4.68. The molecule has 1 N–H and O–H groups in total. The fourth-order valence-electron chi connectivity index (χ4n) is 3.08. The van der Waals surface area contributed by atoms with Gasteiger partial charge in [-0.3, -0.25) is 4.79 Å². The van der Waals surface area contributed by atoms with Gasteiger partial charge in [-0.15, -0.1) is 0 Å². The fourth-order valence-corrected chi connectivity index (χ4v) is 3.08. The van der Waals surface area contributed by atoms with Gasteiger partial charge in [0.15, 0.2) is 0 Å². The highest BCUT2D eigenvalue weighted by atomic mass is 19.4. The average molecular weight is 483 g/mol. The third-order valence-electron chi connectivity index (χ3n) is 4.57. The largest absolute Gasteiger partial charge is 0.463 e. The summed E-state index contributed by atoms with van der Waals surface area (Å²) in [6.45, 7) is 5.69. The van der Waals surface area contributed by atoms with E-state index in [2.05, 4.69) is 5.32 Å². The second kappa shape index (κ2) is 10.2. The van der Waals surface area contributed by atoms with Crippen LogP contribution >= 0.6 is 0 Å². The quantitative estimate of drug-likeness (QED) is 0.246. The van der Waals surface area contributed by atoms with E-state index in [1.54, 1.807) is 6.07 Å². The van der Waals surface area contributed by atoms with Crippen LogP contribution in [0.4, 0.5) is 22.4 Å². The van der Waals surface area contributed by atoms with E-state index < -0.39 is 46.9 Å². The first-order valence-electron chi connectivity index (χ1n) is 10.3. The first kappa shape index (κ1) is 26.8. The van der Waals surface area contributed by atoms with Gasteiger partial charge in [-0.1, -0.05) is 42.5 Å². The highest BCUT2D eigenvalue weighted by Crippen LogP contribution is 2.37. The van der Waals surface area contributed by atoms with Crippen LogP contribution < -0.4 is 5.32 Å². The first-order chi connectivity index (χ1) is 15.7. The maximum Gasteiger partial charge on any atom is 0.416 e. The third kappa shape index (κ3) is 6.33. The number of halogens is 4. The lowest BCUT2D eigenvalue weighted by Crippen LogP contribution is -2.55. The highest BCUT2D eigenvalue weighted by Gasteiger charge is 2.56. The number of nitrogens with one attached hydrogen (secondary N) is 1. The van der Waals surface area contributed by atoms with Gasteiger partial charge in [0.1, 0.15) is 11.6 Å². The third-order valence-corrected chi connectivity index (χ3v) is 4.57. The molecule has 0 aliphatic rings. The molecule has 0 aliphatic carbocycles. The molecule has 0 saturated heterocycles. The van der Waals surface area contributed by atoms with Crippen LogP contribution in [0.5, 0.6) is 0 Å². The van der Waals surface area contributed by atoms with E-state index in [9.17, 15) is 27.6 Å². The lowest BCUT2D eigenvalue weighted by molar-refractivity contribution is -0.155. The van der Waals surface area contributed by atoms with Crippen molar-refractivity contribution in [3.8, 4) is 0 Å². The Morgan fingerprint density at radius 3 is 1.94 bits per heavy atom. The van der Waals surface area contributed by atoms with Gasteiger partial charge in [0.05, 0.1) is 12.2 Å². The molecule has 0 radical (unpaired) electrons. The molecule has 0 aliphatic heterocycles. The SMILES string of the molecule is CCOC(=O)[C@](F)(C(=O)c1ccccc1)[C@@H](NC(=O)OC(C)(C)C)c1ccc(C(F)(F)F)cc1. The molecule has 0 heterocycles. The van der Waals surface area contributed by atoms with Crippen LogP contribution in [-0.2, 0) is 20.4 Å². The van der Waals surface area contributed by atoms with Crippen LogP contribution in [-0.4, -0.2) is 35.7 Å². The number of hydrogen-bond donors (Lipinski definition) is 1. The Morgan fingerprint density at radius 2 is 1.47 bits per heavy atom. The van der Waals surface area contributed by atoms with E-state index >= 15 is 4.39 Å². The summed E-state index contributed by atoms with van der Waals surface area (Å²) in [5.74, 6) is -2.95. The van der Waals surface area contributed by atoms with Gasteiger partial charge >= 0.3 is 18.2 Å². The molecule has 2 aromatic rings. The number of carbonyl (C=O) groups excluding carboxylic acids is 3. The van der Waals surface area contributed by atoms with Crippen molar-refractivity contribution in [3.05, 3.63) is 71.3 Å². The van der Waals surface area contributed by atoms with Crippen molar-refractivity contribution in [2.75, 3.05) is 6.61 Å². The molecule has 0 aromatic heterocycles. The van der Waals surface area contributed by atoms with Crippen molar-refractivity contribution in [2.24, 2.45) is 0 Å². The van der Waals surface area contributed by atoms with E-state index in [1.165, 1.54) is 52.0 Å². The predicted molar refractivity (Wildman–Crippen MR) is 115 cm³/mol. The van der Waals surface area contributed by atoms with Gasteiger partial charge in [0, 0.05) is 5.56 Å². The average Bonchev–Trinajstić information content (AvgIpc) is 2.75. The van der Waals surface area contributed by atoms with Crippen LogP contribution in [0.1, 0.15) is 55.2 Å². The molecular formula is C24H25F4NO5. The zero-order chi connectivity index (χ0) is 25.7. The summed E-state index contributed by atoms with van der Waals surface area (Å²) in [7, 11) is 0. The molecule has 10 heteroatoms. The first-order valence-corrected chi connectivity index (χ1v) is 10.3. The Balaban J connectivity index is 2.66. The molecule has 0 bridgehead atoms. The van der Waals surface area contributed by atoms with Crippen molar-refractivity contribution in [2.45, 2.75) is 51.2 Å². The molecule has 0 unspecified atom stereocenters. The van der Waals surface area contributed by atoms with Gasteiger partial charge in [-0.25, -0.2) is 14.0 Å². The van der Waals surface area contributed by atoms with Crippen molar-refractivity contribution in [1.82, 2.24) is 5.32 Å². The second-order valence-corrected chi connectivity index (χ2v) is 8.33. The van der Waals surface area contributed by atoms with Crippen molar-refractivity contribution >= 4 is 17.8 Å². The van der Waals surface area contributed by atoms with Gasteiger partial charge in [-0.2, -0.15) is 13.2 Å². The van der Waals surface area contributed by atoms with Crippen molar-refractivity contribution in [1.29, 1.82) is 0 Å². The van der Waals surface area contributed by atoms with Crippen LogP contribution in [0.15, 0.2) is 54.6 Å². The molecule has 0 fully saturated rings. The number of amides is 1.